The molecule has 120 valence electrons. The number of hydrogen-bond acceptors (Lipinski definition) is 3. The average Bonchev–Trinajstić information content (AvgIpc) is 2.42. The first kappa shape index (κ1) is 18.4. The van der Waals surface area contributed by atoms with E-state index < -0.39 is 15.8 Å². The molecule has 1 fully saturated rings. The zero-order valence-electron chi connectivity index (χ0n) is 12.2. The van der Waals surface area contributed by atoms with Crippen LogP contribution in [0.25, 0.3) is 0 Å². The van der Waals surface area contributed by atoms with E-state index in [4.69, 9.17) is 0 Å². The molecule has 0 saturated carbocycles. The Labute approximate surface area is 132 Å². The number of nitrogens with one attached hydrogen (secondary N) is 2. The van der Waals surface area contributed by atoms with E-state index in [1.807, 2.05) is 6.92 Å². The first-order chi connectivity index (χ1) is 9.40. The highest BCUT2D eigenvalue weighted by Crippen LogP contribution is 2.18. The van der Waals surface area contributed by atoms with Crippen LogP contribution in [0.15, 0.2) is 23.1 Å². The van der Waals surface area contributed by atoms with Crippen LogP contribution >= 0.6 is 12.4 Å². The topological polar surface area (TPSA) is 58.2 Å². The van der Waals surface area contributed by atoms with Gasteiger partial charge in [-0.1, -0.05) is 6.07 Å². The smallest absolute Gasteiger partial charge is 0.240 e. The van der Waals surface area contributed by atoms with Gasteiger partial charge in [0.1, 0.15) is 5.82 Å². The summed E-state index contributed by atoms with van der Waals surface area (Å²) in [5.74, 6) is -0.228. The van der Waals surface area contributed by atoms with Gasteiger partial charge in [-0.25, -0.2) is 17.5 Å². The van der Waals surface area contributed by atoms with Gasteiger partial charge in [-0.15, -0.1) is 12.4 Å². The second-order valence-corrected chi connectivity index (χ2v) is 7.14. The third kappa shape index (κ3) is 4.64. The van der Waals surface area contributed by atoms with E-state index in [2.05, 4.69) is 10.0 Å². The van der Waals surface area contributed by atoms with Gasteiger partial charge in [0.05, 0.1) is 4.90 Å². The molecule has 7 heteroatoms. The second-order valence-electron chi connectivity index (χ2n) is 5.43. The molecule has 0 aromatic heterocycles. The molecule has 1 aromatic carbocycles. The van der Waals surface area contributed by atoms with Crippen molar-refractivity contribution in [2.45, 2.75) is 37.6 Å². The van der Waals surface area contributed by atoms with Crippen molar-refractivity contribution in [3.05, 3.63) is 29.6 Å². The number of rotatable bonds is 4. The monoisotopic (exact) mass is 336 g/mol. The Balaban J connectivity index is 0.00000220. The van der Waals surface area contributed by atoms with E-state index in [1.165, 1.54) is 12.1 Å². The predicted molar refractivity (Wildman–Crippen MR) is 83.8 cm³/mol. The van der Waals surface area contributed by atoms with Crippen molar-refractivity contribution in [3.8, 4) is 0 Å². The molecule has 0 aliphatic carbocycles. The van der Waals surface area contributed by atoms with Crippen LogP contribution in [0.3, 0.4) is 0 Å². The lowest BCUT2D eigenvalue weighted by molar-refractivity contribution is 0.320. The molecule has 0 amide bonds. The van der Waals surface area contributed by atoms with Crippen LogP contribution in [-0.2, 0) is 10.0 Å². The Morgan fingerprint density at radius 2 is 2.14 bits per heavy atom. The van der Waals surface area contributed by atoms with Crippen LogP contribution in [0.2, 0.25) is 0 Å². The number of halogens is 2. The van der Waals surface area contributed by atoms with Gasteiger partial charge in [0.2, 0.25) is 10.0 Å². The standard InChI is InChI=1S/C14H21FN2O2S.ClH/c1-10-5-6-13(8-14(10)15)20(18,19)17-11(2)12-4-3-7-16-9-12;/h5-6,8,11-12,16-17H,3-4,7,9H2,1-2H3;1H. The highest BCUT2D eigenvalue weighted by molar-refractivity contribution is 7.89. The molecular weight excluding hydrogens is 315 g/mol. The summed E-state index contributed by atoms with van der Waals surface area (Å²) < 4.78 is 40.7. The number of hydrogen-bond donors (Lipinski definition) is 2. The van der Waals surface area contributed by atoms with Crippen molar-refractivity contribution in [2.24, 2.45) is 5.92 Å². The van der Waals surface area contributed by atoms with E-state index in [0.29, 0.717) is 5.56 Å². The van der Waals surface area contributed by atoms with Crippen LogP contribution in [-0.4, -0.2) is 27.5 Å². The Bertz CT molecular complexity index is 574. The molecule has 0 bridgehead atoms. The van der Waals surface area contributed by atoms with Crippen LogP contribution < -0.4 is 10.0 Å². The molecule has 2 atom stereocenters. The molecule has 2 N–H and O–H groups in total. The summed E-state index contributed by atoms with van der Waals surface area (Å²) in [5, 5.41) is 3.26. The summed E-state index contributed by atoms with van der Waals surface area (Å²) in [6.07, 6.45) is 2.05. The van der Waals surface area contributed by atoms with Gasteiger partial charge in [0.15, 0.2) is 0 Å². The van der Waals surface area contributed by atoms with E-state index >= 15 is 0 Å². The Morgan fingerprint density at radius 3 is 2.71 bits per heavy atom. The van der Waals surface area contributed by atoms with Crippen molar-refractivity contribution >= 4 is 22.4 Å². The van der Waals surface area contributed by atoms with E-state index in [9.17, 15) is 12.8 Å². The van der Waals surface area contributed by atoms with Crippen molar-refractivity contribution in [1.82, 2.24) is 10.0 Å². The number of piperidine rings is 1. The molecular formula is C14H22ClFN2O2S. The first-order valence-electron chi connectivity index (χ1n) is 6.89. The largest absolute Gasteiger partial charge is 0.316 e. The van der Waals surface area contributed by atoms with E-state index in [-0.39, 0.29) is 29.3 Å². The van der Waals surface area contributed by atoms with Crippen LogP contribution in [0.4, 0.5) is 4.39 Å². The summed E-state index contributed by atoms with van der Waals surface area (Å²) in [6.45, 7) is 5.26. The Morgan fingerprint density at radius 1 is 1.43 bits per heavy atom. The molecule has 1 aromatic rings. The van der Waals surface area contributed by atoms with Gasteiger partial charge in [0, 0.05) is 6.04 Å². The fourth-order valence-corrected chi connectivity index (χ4v) is 3.78. The fourth-order valence-electron chi connectivity index (χ4n) is 2.46. The summed E-state index contributed by atoms with van der Waals surface area (Å²) in [6, 6.07) is 3.82. The van der Waals surface area contributed by atoms with Crippen molar-refractivity contribution in [3.63, 3.8) is 0 Å². The minimum absolute atomic E-state index is 0. The van der Waals surface area contributed by atoms with Crippen molar-refractivity contribution < 1.29 is 12.8 Å². The van der Waals surface area contributed by atoms with E-state index in [1.54, 1.807) is 6.92 Å². The lowest BCUT2D eigenvalue weighted by Gasteiger charge is -2.28. The highest BCUT2D eigenvalue weighted by Gasteiger charge is 2.25. The molecule has 1 saturated heterocycles. The van der Waals surface area contributed by atoms with Gasteiger partial charge in [-0.3, -0.25) is 0 Å². The van der Waals surface area contributed by atoms with Gasteiger partial charge < -0.3 is 5.32 Å². The Kier molecular flexibility index (Phi) is 6.59. The molecule has 0 spiro atoms. The minimum Gasteiger partial charge on any atom is -0.316 e. The van der Waals surface area contributed by atoms with Crippen LogP contribution in [0.5, 0.6) is 0 Å². The van der Waals surface area contributed by atoms with E-state index in [0.717, 1.165) is 32.0 Å². The normalized spacial score (nSPS) is 20.6. The van der Waals surface area contributed by atoms with Crippen molar-refractivity contribution in [1.29, 1.82) is 0 Å². The molecule has 21 heavy (non-hydrogen) atoms. The van der Waals surface area contributed by atoms with Crippen LogP contribution in [0, 0.1) is 18.7 Å². The van der Waals surface area contributed by atoms with Gasteiger partial charge in [-0.05, 0) is 63.4 Å². The molecule has 2 rings (SSSR count). The minimum atomic E-state index is -3.67. The lowest BCUT2D eigenvalue weighted by Crippen LogP contribution is -2.44. The zero-order valence-corrected chi connectivity index (χ0v) is 13.9. The summed E-state index contributed by atoms with van der Waals surface area (Å²) in [5.41, 5.74) is 0.438. The third-order valence-electron chi connectivity index (χ3n) is 3.84. The van der Waals surface area contributed by atoms with Gasteiger partial charge >= 0.3 is 0 Å². The predicted octanol–water partition coefficient (Wildman–Crippen LogP) is 2.22. The van der Waals surface area contributed by atoms with Gasteiger partial charge in [0.25, 0.3) is 0 Å². The molecule has 1 aliphatic rings. The zero-order chi connectivity index (χ0) is 14.8. The quantitative estimate of drug-likeness (QED) is 0.886. The molecule has 4 nitrogen and oxygen atoms in total. The maximum absolute atomic E-state index is 13.5. The fraction of sp³-hybridized carbons (Fsp3) is 0.571. The highest BCUT2D eigenvalue weighted by atomic mass is 35.5. The number of aryl methyl sites for hydroxylation is 1. The maximum atomic E-state index is 13.5. The summed E-state index contributed by atoms with van der Waals surface area (Å²) in [7, 11) is -3.67. The molecule has 2 unspecified atom stereocenters. The lowest BCUT2D eigenvalue weighted by atomic mass is 9.94. The molecule has 0 radical (unpaired) electrons. The third-order valence-corrected chi connectivity index (χ3v) is 5.39. The van der Waals surface area contributed by atoms with Crippen molar-refractivity contribution in [2.75, 3.05) is 13.1 Å². The molecule has 1 heterocycles. The Hall–Kier alpha value is -0.690. The second kappa shape index (κ2) is 7.54. The summed E-state index contributed by atoms with van der Waals surface area (Å²) in [4.78, 5) is -0.0174. The number of sulfonamides is 1. The average molecular weight is 337 g/mol. The number of benzene rings is 1. The first-order valence-corrected chi connectivity index (χ1v) is 8.37. The molecule has 1 aliphatic heterocycles. The maximum Gasteiger partial charge on any atom is 0.240 e. The SMILES string of the molecule is Cc1ccc(S(=O)(=O)NC(C)C2CCCNC2)cc1F.Cl. The van der Waals surface area contributed by atoms with Gasteiger partial charge in [-0.2, -0.15) is 0 Å². The summed E-state index contributed by atoms with van der Waals surface area (Å²) >= 11 is 0. The van der Waals surface area contributed by atoms with Crippen LogP contribution in [0.1, 0.15) is 25.3 Å².